The van der Waals surface area contributed by atoms with Crippen LogP contribution in [0.25, 0.3) is 4.85 Å². The van der Waals surface area contributed by atoms with Gasteiger partial charge in [-0.25, -0.2) is 4.85 Å². The predicted molar refractivity (Wildman–Crippen MR) is 35.5 cm³/mol. The zero-order valence-electron chi connectivity index (χ0n) is 5.76. The van der Waals surface area contributed by atoms with Crippen molar-refractivity contribution in [2.75, 3.05) is 0 Å². The Bertz CT molecular complexity index is 324. The van der Waals surface area contributed by atoms with Crippen molar-refractivity contribution in [3.05, 3.63) is 35.4 Å². The summed E-state index contributed by atoms with van der Waals surface area (Å²) in [5.74, 6) is 0. The Morgan fingerprint density at radius 3 is 2.50 bits per heavy atom. The highest BCUT2D eigenvalue weighted by atomic mass is 19.4. The smallest absolute Gasteiger partial charge is 0.267 e. The van der Waals surface area contributed by atoms with Gasteiger partial charge in [0.1, 0.15) is 0 Å². The third-order valence-corrected chi connectivity index (χ3v) is 1.22. The minimum atomic E-state index is -4.49. The molecule has 0 spiro atoms. The quantitative estimate of drug-likeness (QED) is 0.550. The second-order valence-corrected chi connectivity index (χ2v) is 2.00. The largest absolute Gasteiger partial charge is 0.408 e. The maximum absolute atomic E-state index is 12.1. The van der Waals surface area contributed by atoms with Crippen molar-refractivity contribution < 1.29 is 13.2 Å². The zero-order valence-corrected chi connectivity index (χ0v) is 5.76. The van der Waals surface area contributed by atoms with E-state index in [-0.39, 0.29) is 0 Å². The van der Waals surface area contributed by atoms with Crippen LogP contribution >= 0.6 is 0 Å². The molecule has 1 heterocycles. The first-order valence-electron chi connectivity index (χ1n) is 2.94. The molecular formula is C7H3F3N2. The molecule has 12 heavy (non-hydrogen) atoms. The summed E-state index contributed by atoms with van der Waals surface area (Å²) in [6.45, 7) is 6.46. The maximum Gasteiger partial charge on any atom is 0.408 e. The summed E-state index contributed by atoms with van der Waals surface area (Å²) in [5, 5.41) is 0. The molecule has 62 valence electrons. The maximum atomic E-state index is 12.1. The fraction of sp³-hybridized carbons (Fsp3) is 0.143. The van der Waals surface area contributed by atoms with E-state index in [1.54, 1.807) is 0 Å². The van der Waals surface area contributed by atoms with Crippen LogP contribution in [0.1, 0.15) is 5.56 Å². The molecule has 0 saturated heterocycles. The van der Waals surface area contributed by atoms with Gasteiger partial charge in [-0.2, -0.15) is 13.2 Å². The van der Waals surface area contributed by atoms with E-state index < -0.39 is 17.4 Å². The van der Waals surface area contributed by atoms with Gasteiger partial charge in [-0.3, -0.25) is 4.98 Å². The SMILES string of the molecule is [C-]#[N+]c1ccncc1C(F)(F)F. The van der Waals surface area contributed by atoms with Crippen molar-refractivity contribution in [3.63, 3.8) is 0 Å². The van der Waals surface area contributed by atoms with Gasteiger partial charge in [0.2, 0.25) is 5.69 Å². The number of hydrogen-bond donors (Lipinski definition) is 0. The molecule has 0 aliphatic carbocycles. The van der Waals surface area contributed by atoms with Gasteiger partial charge in [0.25, 0.3) is 0 Å². The number of alkyl halides is 3. The molecule has 0 aliphatic heterocycles. The molecule has 5 heteroatoms. The molecule has 0 aliphatic rings. The normalized spacial score (nSPS) is 10.8. The van der Waals surface area contributed by atoms with E-state index in [1.165, 1.54) is 0 Å². The van der Waals surface area contributed by atoms with Crippen LogP contribution in [0, 0.1) is 6.57 Å². The number of hydrogen-bond acceptors (Lipinski definition) is 1. The lowest BCUT2D eigenvalue weighted by atomic mass is 10.2. The Labute approximate surface area is 66.5 Å². The fourth-order valence-electron chi connectivity index (χ4n) is 0.703. The molecule has 0 radical (unpaired) electrons. The van der Waals surface area contributed by atoms with Crippen molar-refractivity contribution >= 4 is 5.69 Å². The minimum absolute atomic E-state index is 0.419. The predicted octanol–water partition coefficient (Wildman–Crippen LogP) is 2.65. The summed E-state index contributed by atoms with van der Waals surface area (Å²) in [6.07, 6.45) is -2.69. The molecule has 1 rings (SSSR count). The van der Waals surface area contributed by atoms with Crippen molar-refractivity contribution in [2.45, 2.75) is 6.18 Å². The number of rotatable bonds is 0. The van der Waals surface area contributed by atoms with Gasteiger partial charge in [-0.05, 0) is 6.07 Å². The standard InChI is InChI=1S/C7H3F3N2/c1-11-6-2-3-12-4-5(6)7(8,9)10/h2-4H. The van der Waals surface area contributed by atoms with Gasteiger partial charge in [0, 0.05) is 12.4 Å². The second kappa shape index (κ2) is 2.81. The van der Waals surface area contributed by atoms with Crippen molar-refractivity contribution in [3.8, 4) is 0 Å². The van der Waals surface area contributed by atoms with E-state index in [0.29, 0.717) is 6.20 Å². The molecule has 0 N–H and O–H groups in total. The molecule has 0 atom stereocenters. The van der Waals surface area contributed by atoms with Crippen LogP contribution in [0.3, 0.4) is 0 Å². The van der Waals surface area contributed by atoms with E-state index >= 15 is 0 Å². The minimum Gasteiger partial charge on any atom is -0.267 e. The van der Waals surface area contributed by atoms with E-state index in [0.717, 1.165) is 12.3 Å². The summed E-state index contributed by atoms with van der Waals surface area (Å²) < 4.78 is 36.2. The summed E-state index contributed by atoms with van der Waals surface area (Å²) in [5.41, 5.74) is -1.41. The van der Waals surface area contributed by atoms with E-state index in [1.807, 2.05) is 0 Å². The monoisotopic (exact) mass is 172 g/mol. The van der Waals surface area contributed by atoms with Crippen LogP contribution in [0.5, 0.6) is 0 Å². The summed E-state index contributed by atoms with van der Waals surface area (Å²) >= 11 is 0. The van der Waals surface area contributed by atoms with Gasteiger partial charge in [-0.1, -0.05) is 0 Å². The molecule has 0 saturated carbocycles. The topological polar surface area (TPSA) is 17.2 Å². The Morgan fingerprint density at radius 1 is 1.42 bits per heavy atom. The van der Waals surface area contributed by atoms with Crippen LogP contribution in [-0.2, 0) is 6.18 Å². The van der Waals surface area contributed by atoms with Crippen LogP contribution in [0.4, 0.5) is 18.9 Å². The fourth-order valence-corrected chi connectivity index (χ4v) is 0.703. The zero-order chi connectivity index (χ0) is 9.19. The highest BCUT2D eigenvalue weighted by Gasteiger charge is 2.33. The second-order valence-electron chi connectivity index (χ2n) is 2.00. The lowest BCUT2D eigenvalue weighted by Gasteiger charge is -2.06. The van der Waals surface area contributed by atoms with Gasteiger partial charge in [0.05, 0.1) is 12.1 Å². The van der Waals surface area contributed by atoms with Crippen LogP contribution in [0.15, 0.2) is 18.5 Å². The molecule has 0 aromatic carbocycles. The average molecular weight is 172 g/mol. The van der Waals surface area contributed by atoms with Crippen molar-refractivity contribution in [1.29, 1.82) is 0 Å². The molecule has 0 amide bonds. The lowest BCUT2D eigenvalue weighted by molar-refractivity contribution is -0.137. The van der Waals surface area contributed by atoms with Gasteiger partial charge in [0.15, 0.2) is 0 Å². The van der Waals surface area contributed by atoms with Gasteiger partial charge >= 0.3 is 6.18 Å². The first kappa shape index (κ1) is 8.53. The summed E-state index contributed by atoms with van der Waals surface area (Å²) in [4.78, 5) is 6.02. The summed E-state index contributed by atoms with van der Waals surface area (Å²) in [6, 6.07) is 1.04. The molecular weight excluding hydrogens is 169 g/mol. The number of aromatic nitrogens is 1. The number of pyridine rings is 1. The number of nitrogens with zero attached hydrogens (tertiary/aromatic N) is 2. The average Bonchev–Trinajstić information content (AvgIpc) is 2.03. The first-order valence-corrected chi connectivity index (χ1v) is 2.94. The third-order valence-electron chi connectivity index (χ3n) is 1.22. The van der Waals surface area contributed by atoms with E-state index in [4.69, 9.17) is 6.57 Å². The Hall–Kier alpha value is -1.57. The van der Waals surface area contributed by atoms with Crippen molar-refractivity contribution in [1.82, 2.24) is 4.98 Å². The molecule has 0 bridgehead atoms. The lowest BCUT2D eigenvalue weighted by Crippen LogP contribution is -2.05. The Balaban J connectivity index is 3.26. The molecule has 2 nitrogen and oxygen atoms in total. The molecule has 0 unspecified atom stereocenters. The van der Waals surface area contributed by atoms with E-state index in [2.05, 4.69) is 9.83 Å². The van der Waals surface area contributed by atoms with Gasteiger partial charge in [-0.15, -0.1) is 0 Å². The van der Waals surface area contributed by atoms with Crippen LogP contribution < -0.4 is 0 Å². The first-order chi connectivity index (χ1) is 5.55. The van der Waals surface area contributed by atoms with Crippen LogP contribution in [0.2, 0.25) is 0 Å². The van der Waals surface area contributed by atoms with Crippen LogP contribution in [-0.4, -0.2) is 4.98 Å². The third kappa shape index (κ3) is 1.53. The van der Waals surface area contributed by atoms with Crippen molar-refractivity contribution in [2.24, 2.45) is 0 Å². The Kier molecular flexibility index (Phi) is 2.00. The highest BCUT2D eigenvalue weighted by Crippen LogP contribution is 2.35. The van der Waals surface area contributed by atoms with Gasteiger partial charge < -0.3 is 0 Å². The summed E-state index contributed by atoms with van der Waals surface area (Å²) in [7, 11) is 0. The highest BCUT2D eigenvalue weighted by molar-refractivity contribution is 5.51. The van der Waals surface area contributed by atoms with E-state index in [9.17, 15) is 13.2 Å². The molecule has 1 aromatic heterocycles. The molecule has 1 aromatic rings. The molecule has 0 fully saturated rings. The number of halogens is 3. The Morgan fingerprint density at radius 2 is 2.08 bits per heavy atom.